The quantitative estimate of drug-likeness (QED) is 0.293. The second-order valence-electron chi connectivity index (χ2n) is 5.03. The molecule has 0 aliphatic rings. The minimum absolute atomic E-state index is 1.09. The molecule has 0 amide bonds. The van der Waals surface area contributed by atoms with E-state index < -0.39 is 0 Å². The van der Waals surface area contributed by atoms with E-state index >= 15 is 0 Å². The highest BCUT2D eigenvalue weighted by Crippen LogP contribution is 2.25. The number of rotatable bonds is 11. The van der Waals surface area contributed by atoms with Crippen molar-refractivity contribution in [3.05, 3.63) is 48.6 Å². The van der Waals surface area contributed by atoms with Crippen LogP contribution in [0.1, 0.15) is 65.2 Å². The Morgan fingerprint density at radius 2 is 1.56 bits per heavy atom. The summed E-state index contributed by atoms with van der Waals surface area (Å²) in [6.45, 7) is 16.0. The summed E-state index contributed by atoms with van der Waals surface area (Å²) < 4.78 is 0. The molecule has 0 fully saturated rings. The summed E-state index contributed by atoms with van der Waals surface area (Å²) in [5.41, 5.74) is 4.58. The van der Waals surface area contributed by atoms with E-state index in [2.05, 4.69) is 33.6 Å². The molecule has 0 N–H and O–H groups in total. The van der Waals surface area contributed by atoms with Gasteiger partial charge in [-0.3, -0.25) is 0 Å². The highest BCUT2D eigenvalue weighted by molar-refractivity contribution is 5.16. The van der Waals surface area contributed by atoms with E-state index in [0.717, 1.165) is 19.3 Å². The molecule has 0 radical (unpaired) electrons. The Bertz CT molecular complexity index is 291. The van der Waals surface area contributed by atoms with Gasteiger partial charge >= 0.3 is 0 Å². The van der Waals surface area contributed by atoms with Gasteiger partial charge in [-0.15, -0.1) is 19.7 Å². The second-order valence-corrected chi connectivity index (χ2v) is 5.03. The van der Waals surface area contributed by atoms with E-state index in [-0.39, 0.29) is 0 Å². The molecule has 0 heterocycles. The van der Waals surface area contributed by atoms with Gasteiger partial charge in [-0.05, 0) is 58.3 Å². The minimum Gasteiger partial charge on any atom is -0.103 e. The summed E-state index contributed by atoms with van der Waals surface area (Å²) in [5.74, 6) is 0. The third kappa shape index (κ3) is 8.11. The molecule has 0 aromatic heterocycles. The van der Waals surface area contributed by atoms with Crippen molar-refractivity contribution in [1.82, 2.24) is 0 Å². The third-order valence-electron chi connectivity index (χ3n) is 3.32. The largest absolute Gasteiger partial charge is 0.103 e. The SMILES string of the molecule is C=CCCCC(CC)=C(CCC=C)CCC(=C)C. The monoisotopic (exact) mass is 246 g/mol. The predicted octanol–water partition coefficient (Wildman–Crippen LogP) is 6.37. The summed E-state index contributed by atoms with van der Waals surface area (Å²) in [7, 11) is 0. The molecule has 18 heavy (non-hydrogen) atoms. The highest BCUT2D eigenvalue weighted by Gasteiger charge is 2.05. The Hall–Kier alpha value is -1.04. The van der Waals surface area contributed by atoms with Gasteiger partial charge in [0.15, 0.2) is 0 Å². The zero-order valence-corrected chi connectivity index (χ0v) is 12.4. The normalized spacial score (nSPS) is 11.9. The van der Waals surface area contributed by atoms with Crippen LogP contribution in [0.3, 0.4) is 0 Å². The Kier molecular flexibility index (Phi) is 10.4. The number of allylic oxidation sites excluding steroid dienone is 5. The third-order valence-corrected chi connectivity index (χ3v) is 3.32. The van der Waals surface area contributed by atoms with Gasteiger partial charge < -0.3 is 0 Å². The first kappa shape index (κ1) is 17.0. The van der Waals surface area contributed by atoms with Gasteiger partial charge in [0, 0.05) is 0 Å². The fourth-order valence-electron chi connectivity index (χ4n) is 2.18. The van der Waals surface area contributed by atoms with Crippen molar-refractivity contribution in [2.45, 2.75) is 65.2 Å². The zero-order chi connectivity index (χ0) is 13.8. The fraction of sp³-hybridized carbons (Fsp3) is 0.556. The molecule has 0 heteroatoms. The van der Waals surface area contributed by atoms with Crippen molar-refractivity contribution in [2.24, 2.45) is 0 Å². The van der Waals surface area contributed by atoms with Gasteiger partial charge in [0.1, 0.15) is 0 Å². The van der Waals surface area contributed by atoms with Crippen molar-refractivity contribution in [2.75, 3.05) is 0 Å². The predicted molar refractivity (Wildman–Crippen MR) is 84.8 cm³/mol. The molecule has 0 bridgehead atoms. The zero-order valence-electron chi connectivity index (χ0n) is 12.4. The highest BCUT2D eigenvalue weighted by atomic mass is 14.1. The lowest BCUT2D eigenvalue weighted by atomic mass is 9.92. The Morgan fingerprint density at radius 1 is 0.889 bits per heavy atom. The molecule has 0 spiro atoms. The lowest BCUT2D eigenvalue weighted by molar-refractivity contribution is 0.746. The van der Waals surface area contributed by atoms with Gasteiger partial charge in [-0.25, -0.2) is 0 Å². The molecule has 0 aliphatic heterocycles. The van der Waals surface area contributed by atoms with Gasteiger partial charge in [0.2, 0.25) is 0 Å². The number of hydrogen-bond donors (Lipinski definition) is 0. The standard InChI is InChI=1S/C18H30/c1-6-9-11-13-17(8-3)18(12-10-7-2)15-14-16(4)5/h6-7H,1-2,4,8-15H2,3,5H3. The molecular weight excluding hydrogens is 216 g/mol. The first-order chi connectivity index (χ1) is 8.65. The van der Waals surface area contributed by atoms with Crippen LogP contribution in [-0.4, -0.2) is 0 Å². The van der Waals surface area contributed by atoms with Crippen LogP contribution in [0.5, 0.6) is 0 Å². The summed E-state index contributed by atoms with van der Waals surface area (Å²) in [4.78, 5) is 0. The molecule has 0 unspecified atom stereocenters. The maximum Gasteiger partial charge on any atom is -0.0280 e. The molecule has 0 saturated heterocycles. The van der Waals surface area contributed by atoms with Gasteiger partial charge in [-0.1, -0.05) is 35.8 Å². The Morgan fingerprint density at radius 3 is 2.06 bits per heavy atom. The van der Waals surface area contributed by atoms with E-state index in [1.165, 1.54) is 37.7 Å². The smallest absolute Gasteiger partial charge is 0.0280 e. The van der Waals surface area contributed by atoms with Crippen LogP contribution in [0.15, 0.2) is 48.6 Å². The molecular formula is C18H30. The van der Waals surface area contributed by atoms with Crippen molar-refractivity contribution < 1.29 is 0 Å². The molecule has 102 valence electrons. The van der Waals surface area contributed by atoms with E-state index in [1.807, 2.05) is 12.2 Å². The molecule has 0 aliphatic carbocycles. The van der Waals surface area contributed by atoms with Crippen LogP contribution in [0.4, 0.5) is 0 Å². The number of unbranched alkanes of at least 4 members (excludes halogenated alkanes) is 1. The van der Waals surface area contributed by atoms with Crippen LogP contribution < -0.4 is 0 Å². The second kappa shape index (κ2) is 11.1. The summed E-state index contributed by atoms with van der Waals surface area (Å²) in [6.07, 6.45) is 13.4. The van der Waals surface area contributed by atoms with Gasteiger partial charge in [-0.2, -0.15) is 0 Å². The van der Waals surface area contributed by atoms with Crippen LogP contribution in [0.25, 0.3) is 0 Å². The maximum atomic E-state index is 4.01. The molecule has 0 atom stereocenters. The average molecular weight is 246 g/mol. The van der Waals surface area contributed by atoms with E-state index in [1.54, 1.807) is 11.1 Å². The summed E-state index contributed by atoms with van der Waals surface area (Å²) in [5, 5.41) is 0. The van der Waals surface area contributed by atoms with Crippen molar-refractivity contribution >= 4 is 0 Å². The van der Waals surface area contributed by atoms with Crippen LogP contribution >= 0.6 is 0 Å². The lowest BCUT2D eigenvalue weighted by Gasteiger charge is -2.14. The fourth-order valence-corrected chi connectivity index (χ4v) is 2.18. The molecule has 0 saturated carbocycles. The van der Waals surface area contributed by atoms with Gasteiger partial charge in [0.25, 0.3) is 0 Å². The first-order valence-corrected chi connectivity index (χ1v) is 7.21. The van der Waals surface area contributed by atoms with Crippen molar-refractivity contribution in [1.29, 1.82) is 0 Å². The van der Waals surface area contributed by atoms with E-state index in [4.69, 9.17) is 0 Å². The summed E-state index contributed by atoms with van der Waals surface area (Å²) in [6, 6.07) is 0. The van der Waals surface area contributed by atoms with Gasteiger partial charge in [0.05, 0.1) is 0 Å². The van der Waals surface area contributed by atoms with E-state index in [0.29, 0.717) is 0 Å². The molecule has 0 aromatic carbocycles. The molecule has 0 aromatic rings. The van der Waals surface area contributed by atoms with Crippen molar-refractivity contribution in [3.8, 4) is 0 Å². The summed E-state index contributed by atoms with van der Waals surface area (Å²) >= 11 is 0. The molecule has 0 rings (SSSR count). The van der Waals surface area contributed by atoms with Crippen LogP contribution in [-0.2, 0) is 0 Å². The first-order valence-electron chi connectivity index (χ1n) is 7.21. The lowest BCUT2D eigenvalue weighted by Crippen LogP contribution is -1.94. The molecule has 0 nitrogen and oxygen atoms in total. The van der Waals surface area contributed by atoms with Crippen molar-refractivity contribution in [3.63, 3.8) is 0 Å². The number of hydrogen-bond acceptors (Lipinski definition) is 0. The average Bonchev–Trinajstić information content (AvgIpc) is 2.35. The Labute approximate surface area is 114 Å². The van der Waals surface area contributed by atoms with Crippen LogP contribution in [0.2, 0.25) is 0 Å². The maximum absolute atomic E-state index is 4.01. The Balaban J connectivity index is 4.61. The van der Waals surface area contributed by atoms with Crippen LogP contribution in [0, 0.1) is 0 Å². The minimum atomic E-state index is 1.09. The topological polar surface area (TPSA) is 0 Å². The van der Waals surface area contributed by atoms with E-state index in [9.17, 15) is 0 Å².